The molecule has 0 atom stereocenters. The molecule has 1 heterocycles. The SMILES string of the molecule is Cc1ncc(CNCc2cccc(/C(N)=N/O)c2F)s1. The Morgan fingerprint density at radius 3 is 2.95 bits per heavy atom. The van der Waals surface area contributed by atoms with Crippen molar-refractivity contribution in [2.75, 3.05) is 0 Å². The summed E-state index contributed by atoms with van der Waals surface area (Å²) < 4.78 is 14.1. The maximum absolute atomic E-state index is 14.1. The maximum Gasteiger partial charge on any atom is 0.173 e. The zero-order valence-electron chi connectivity index (χ0n) is 10.9. The van der Waals surface area contributed by atoms with Crippen LogP contribution in [-0.4, -0.2) is 16.0 Å². The van der Waals surface area contributed by atoms with Gasteiger partial charge in [0.1, 0.15) is 5.82 Å². The molecule has 106 valence electrons. The normalized spacial score (nSPS) is 11.8. The van der Waals surface area contributed by atoms with Gasteiger partial charge in [-0.1, -0.05) is 17.3 Å². The van der Waals surface area contributed by atoms with Gasteiger partial charge < -0.3 is 16.3 Å². The van der Waals surface area contributed by atoms with Gasteiger partial charge in [-0.05, 0) is 13.0 Å². The van der Waals surface area contributed by atoms with E-state index in [4.69, 9.17) is 10.9 Å². The topological polar surface area (TPSA) is 83.5 Å². The summed E-state index contributed by atoms with van der Waals surface area (Å²) in [4.78, 5) is 5.25. The molecule has 0 aliphatic carbocycles. The van der Waals surface area contributed by atoms with Gasteiger partial charge in [-0.3, -0.25) is 0 Å². The number of rotatable bonds is 5. The van der Waals surface area contributed by atoms with Gasteiger partial charge >= 0.3 is 0 Å². The van der Waals surface area contributed by atoms with E-state index in [-0.39, 0.29) is 11.4 Å². The molecular weight excluding hydrogens is 279 g/mol. The Bertz CT molecular complexity index is 627. The van der Waals surface area contributed by atoms with Crippen LogP contribution < -0.4 is 11.1 Å². The number of amidine groups is 1. The molecule has 0 fully saturated rings. The van der Waals surface area contributed by atoms with Crippen molar-refractivity contribution in [2.45, 2.75) is 20.0 Å². The van der Waals surface area contributed by atoms with Crippen LogP contribution in [0.5, 0.6) is 0 Å². The Morgan fingerprint density at radius 2 is 2.30 bits per heavy atom. The monoisotopic (exact) mass is 294 g/mol. The highest BCUT2D eigenvalue weighted by molar-refractivity contribution is 7.11. The molecule has 0 radical (unpaired) electrons. The van der Waals surface area contributed by atoms with Gasteiger partial charge in [0.25, 0.3) is 0 Å². The Kier molecular flexibility index (Phi) is 4.65. The first-order chi connectivity index (χ1) is 9.61. The van der Waals surface area contributed by atoms with Crippen molar-refractivity contribution in [3.63, 3.8) is 0 Å². The first-order valence-corrected chi connectivity index (χ1v) is 6.80. The lowest BCUT2D eigenvalue weighted by Gasteiger charge is -2.08. The molecule has 0 bridgehead atoms. The van der Waals surface area contributed by atoms with Gasteiger partial charge in [-0.15, -0.1) is 11.3 Å². The largest absolute Gasteiger partial charge is 0.409 e. The molecule has 2 rings (SSSR count). The molecular formula is C13H15FN4OS. The van der Waals surface area contributed by atoms with Gasteiger partial charge in [0.2, 0.25) is 0 Å². The van der Waals surface area contributed by atoms with E-state index in [2.05, 4.69) is 15.5 Å². The van der Waals surface area contributed by atoms with E-state index < -0.39 is 5.82 Å². The third-order valence-corrected chi connectivity index (χ3v) is 3.66. The summed E-state index contributed by atoms with van der Waals surface area (Å²) >= 11 is 1.60. The molecule has 2 aromatic rings. The number of aromatic nitrogens is 1. The number of nitrogens with zero attached hydrogens (tertiary/aromatic N) is 2. The van der Waals surface area contributed by atoms with Crippen molar-refractivity contribution in [1.29, 1.82) is 0 Å². The molecule has 4 N–H and O–H groups in total. The smallest absolute Gasteiger partial charge is 0.173 e. The first-order valence-electron chi connectivity index (χ1n) is 5.99. The predicted octanol–water partition coefficient (Wildman–Crippen LogP) is 1.97. The number of thiazole rings is 1. The number of nitrogens with two attached hydrogens (primary N) is 1. The first kappa shape index (κ1) is 14.4. The van der Waals surface area contributed by atoms with Gasteiger partial charge in [-0.2, -0.15) is 0 Å². The van der Waals surface area contributed by atoms with Crippen LogP contribution in [0.3, 0.4) is 0 Å². The zero-order valence-corrected chi connectivity index (χ0v) is 11.7. The van der Waals surface area contributed by atoms with Crippen LogP contribution >= 0.6 is 11.3 Å². The second kappa shape index (κ2) is 6.44. The lowest BCUT2D eigenvalue weighted by atomic mass is 10.1. The number of benzene rings is 1. The summed E-state index contributed by atoms with van der Waals surface area (Å²) in [5.41, 5.74) is 5.98. The van der Waals surface area contributed by atoms with Gasteiger partial charge in [0, 0.05) is 29.7 Å². The second-order valence-corrected chi connectivity index (χ2v) is 5.53. The molecule has 0 saturated carbocycles. The summed E-state index contributed by atoms with van der Waals surface area (Å²) in [6.45, 7) is 2.92. The number of hydrogen-bond acceptors (Lipinski definition) is 5. The van der Waals surface area contributed by atoms with Gasteiger partial charge in [0.15, 0.2) is 5.84 Å². The summed E-state index contributed by atoms with van der Waals surface area (Å²) in [7, 11) is 0. The Balaban J connectivity index is 2.03. The maximum atomic E-state index is 14.1. The average Bonchev–Trinajstić information content (AvgIpc) is 2.85. The summed E-state index contributed by atoms with van der Waals surface area (Å²) in [5.74, 6) is -0.710. The molecule has 1 aromatic heterocycles. The predicted molar refractivity (Wildman–Crippen MR) is 76.3 cm³/mol. The molecule has 0 amide bonds. The van der Waals surface area contributed by atoms with Crippen LogP contribution in [0.25, 0.3) is 0 Å². The molecule has 7 heteroatoms. The molecule has 0 spiro atoms. The summed E-state index contributed by atoms with van der Waals surface area (Å²) in [5, 5.41) is 15.6. The molecule has 0 aliphatic rings. The minimum absolute atomic E-state index is 0.0976. The van der Waals surface area contributed by atoms with E-state index in [0.29, 0.717) is 18.7 Å². The van der Waals surface area contributed by atoms with Crippen LogP contribution in [0.15, 0.2) is 29.6 Å². The molecule has 0 aliphatic heterocycles. The fraction of sp³-hybridized carbons (Fsp3) is 0.231. The Labute approximate surface area is 120 Å². The number of aryl methyl sites for hydroxylation is 1. The van der Waals surface area contributed by atoms with Crippen LogP contribution in [0, 0.1) is 12.7 Å². The average molecular weight is 294 g/mol. The Hall–Kier alpha value is -1.99. The number of oxime groups is 1. The van der Waals surface area contributed by atoms with Crippen molar-refractivity contribution >= 4 is 17.2 Å². The molecule has 5 nitrogen and oxygen atoms in total. The zero-order chi connectivity index (χ0) is 14.5. The minimum Gasteiger partial charge on any atom is -0.409 e. The molecule has 1 aromatic carbocycles. The fourth-order valence-corrected chi connectivity index (χ4v) is 2.54. The minimum atomic E-state index is -0.476. The van der Waals surface area contributed by atoms with Crippen molar-refractivity contribution in [2.24, 2.45) is 10.9 Å². The van der Waals surface area contributed by atoms with Crippen LogP contribution in [0.1, 0.15) is 21.0 Å². The fourth-order valence-electron chi connectivity index (χ4n) is 1.78. The molecule has 20 heavy (non-hydrogen) atoms. The van der Waals surface area contributed by atoms with Crippen molar-refractivity contribution in [3.8, 4) is 0 Å². The van der Waals surface area contributed by atoms with E-state index in [1.165, 1.54) is 6.07 Å². The van der Waals surface area contributed by atoms with Crippen LogP contribution in [0.4, 0.5) is 4.39 Å². The van der Waals surface area contributed by atoms with Crippen molar-refractivity contribution in [3.05, 3.63) is 51.2 Å². The summed E-state index contributed by atoms with van der Waals surface area (Å²) in [6.07, 6.45) is 1.80. The van der Waals surface area contributed by atoms with Crippen LogP contribution in [-0.2, 0) is 13.1 Å². The standard InChI is InChI=1S/C13H15FN4OS/c1-8-17-7-10(20-8)6-16-5-9-3-2-4-11(12(9)14)13(15)18-19/h2-4,7,16,19H,5-6H2,1H3,(H2,15,18). The molecule has 0 saturated heterocycles. The lowest BCUT2D eigenvalue weighted by Crippen LogP contribution is -2.18. The number of hydrogen-bond donors (Lipinski definition) is 3. The van der Waals surface area contributed by atoms with E-state index in [0.717, 1.165) is 9.88 Å². The quantitative estimate of drug-likeness (QED) is 0.341. The molecule has 0 unspecified atom stereocenters. The van der Waals surface area contributed by atoms with E-state index in [1.54, 1.807) is 29.7 Å². The summed E-state index contributed by atoms with van der Waals surface area (Å²) in [6, 6.07) is 4.80. The highest BCUT2D eigenvalue weighted by atomic mass is 32.1. The van der Waals surface area contributed by atoms with Gasteiger partial charge in [0.05, 0.1) is 10.6 Å². The van der Waals surface area contributed by atoms with E-state index in [9.17, 15) is 4.39 Å². The van der Waals surface area contributed by atoms with E-state index >= 15 is 0 Å². The third kappa shape index (κ3) is 3.31. The van der Waals surface area contributed by atoms with Crippen molar-refractivity contribution < 1.29 is 9.60 Å². The van der Waals surface area contributed by atoms with Crippen molar-refractivity contribution in [1.82, 2.24) is 10.3 Å². The van der Waals surface area contributed by atoms with E-state index in [1.807, 2.05) is 6.92 Å². The number of nitrogens with one attached hydrogen (secondary N) is 1. The van der Waals surface area contributed by atoms with Gasteiger partial charge in [-0.25, -0.2) is 9.37 Å². The highest BCUT2D eigenvalue weighted by Crippen LogP contribution is 2.14. The van der Waals surface area contributed by atoms with Crippen LogP contribution in [0.2, 0.25) is 0 Å². The number of halogens is 1. The lowest BCUT2D eigenvalue weighted by molar-refractivity contribution is 0.318. The second-order valence-electron chi connectivity index (χ2n) is 4.21. The third-order valence-electron chi connectivity index (χ3n) is 2.75. The highest BCUT2D eigenvalue weighted by Gasteiger charge is 2.11. The Morgan fingerprint density at radius 1 is 1.50 bits per heavy atom.